The summed E-state index contributed by atoms with van der Waals surface area (Å²) in [5, 5.41) is 8.84. The predicted octanol–water partition coefficient (Wildman–Crippen LogP) is 1.22. The minimum Gasteiger partial charge on any atom is -0.480 e. The van der Waals surface area contributed by atoms with E-state index in [0.29, 0.717) is 12.8 Å². The van der Waals surface area contributed by atoms with E-state index in [9.17, 15) is 9.59 Å². The molecule has 0 heterocycles. The number of carbonyl (C=O) groups excluding carboxylic acids is 1. The third-order valence-corrected chi connectivity index (χ3v) is 3.14. The van der Waals surface area contributed by atoms with Gasteiger partial charge >= 0.3 is 5.97 Å². The number of aliphatic carboxylic acids is 1. The molecule has 0 aliphatic heterocycles. The highest BCUT2D eigenvalue weighted by molar-refractivity contribution is 6.09. The Bertz CT molecular complexity index is 259. The second-order valence-corrected chi connectivity index (χ2v) is 4.28. The van der Waals surface area contributed by atoms with Crippen molar-refractivity contribution < 1.29 is 14.7 Å². The summed E-state index contributed by atoms with van der Waals surface area (Å²) in [4.78, 5) is 22.5. The molecule has 2 fully saturated rings. The number of rotatable bonds is 3. The van der Waals surface area contributed by atoms with Gasteiger partial charge in [-0.05, 0) is 25.7 Å². The van der Waals surface area contributed by atoms with Crippen LogP contribution in [0.5, 0.6) is 0 Å². The maximum atomic E-state index is 11.7. The lowest BCUT2D eigenvalue weighted by atomic mass is 9.89. The van der Waals surface area contributed by atoms with Gasteiger partial charge in [0.25, 0.3) is 0 Å². The van der Waals surface area contributed by atoms with Gasteiger partial charge in [-0.2, -0.15) is 0 Å². The van der Waals surface area contributed by atoms with Crippen LogP contribution in [0.15, 0.2) is 0 Å². The van der Waals surface area contributed by atoms with E-state index in [0.717, 1.165) is 12.8 Å². The van der Waals surface area contributed by atoms with Crippen LogP contribution in [-0.2, 0) is 9.59 Å². The van der Waals surface area contributed by atoms with Gasteiger partial charge in [0.05, 0.1) is 0 Å². The molecule has 12 heavy (non-hydrogen) atoms. The molecular formula is C9H12O3. The van der Waals surface area contributed by atoms with Crippen LogP contribution in [0, 0.1) is 10.8 Å². The molecule has 0 aromatic heterocycles. The van der Waals surface area contributed by atoms with Crippen molar-refractivity contribution in [2.45, 2.75) is 32.6 Å². The summed E-state index contributed by atoms with van der Waals surface area (Å²) in [7, 11) is 0. The third-order valence-electron chi connectivity index (χ3n) is 3.14. The number of hydrogen-bond acceptors (Lipinski definition) is 2. The molecule has 3 heteroatoms. The van der Waals surface area contributed by atoms with E-state index in [-0.39, 0.29) is 11.2 Å². The molecule has 2 saturated carbocycles. The van der Waals surface area contributed by atoms with Crippen LogP contribution < -0.4 is 0 Å². The molecule has 0 radical (unpaired) electrons. The number of Topliss-reactive ketones (excluding diaryl/α,β-unsaturated/α-hetero) is 1. The first kappa shape index (κ1) is 7.77. The van der Waals surface area contributed by atoms with Gasteiger partial charge in [-0.15, -0.1) is 0 Å². The minimum absolute atomic E-state index is 0.0255. The monoisotopic (exact) mass is 168 g/mol. The van der Waals surface area contributed by atoms with Gasteiger partial charge < -0.3 is 5.11 Å². The molecule has 0 aromatic carbocycles. The summed E-state index contributed by atoms with van der Waals surface area (Å²) in [6.07, 6.45) is 2.86. The largest absolute Gasteiger partial charge is 0.480 e. The molecule has 2 aliphatic rings. The van der Waals surface area contributed by atoms with Crippen LogP contribution >= 0.6 is 0 Å². The summed E-state index contributed by atoms with van der Waals surface area (Å²) in [6.45, 7) is 1.87. The fraction of sp³-hybridized carbons (Fsp3) is 0.778. The molecule has 0 amide bonds. The molecule has 0 spiro atoms. The predicted molar refractivity (Wildman–Crippen MR) is 41.7 cm³/mol. The minimum atomic E-state index is -0.967. The molecule has 66 valence electrons. The van der Waals surface area contributed by atoms with E-state index in [1.54, 1.807) is 0 Å². The van der Waals surface area contributed by atoms with Gasteiger partial charge in [0, 0.05) is 5.41 Å². The first-order valence-corrected chi connectivity index (χ1v) is 4.30. The first-order valence-electron chi connectivity index (χ1n) is 4.30. The number of carboxylic acids is 1. The average molecular weight is 168 g/mol. The van der Waals surface area contributed by atoms with Crippen LogP contribution in [0.3, 0.4) is 0 Å². The number of hydrogen-bond donors (Lipinski definition) is 1. The maximum absolute atomic E-state index is 11.7. The second kappa shape index (κ2) is 1.90. The van der Waals surface area contributed by atoms with Gasteiger partial charge in [0.1, 0.15) is 5.41 Å². The van der Waals surface area contributed by atoms with Crippen molar-refractivity contribution >= 4 is 11.8 Å². The lowest BCUT2D eigenvalue weighted by Crippen LogP contribution is -2.31. The normalized spacial score (nSPS) is 27.8. The van der Waals surface area contributed by atoms with E-state index in [2.05, 4.69) is 0 Å². The van der Waals surface area contributed by atoms with E-state index < -0.39 is 11.4 Å². The Hall–Kier alpha value is -0.860. The van der Waals surface area contributed by atoms with Crippen LogP contribution in [0.25, 0.3) is 0 Å². The summed E-state index contributed by atoms with van der Waals surface area (Å²) >= 11 is 0. The SMILES string of the molecule is CC1(C(=O)C2(C(=O)O)CC2)CC1. The smallest absolute Gasteiger partial charge is 0.317 e. The van der Waals surface area contributed by atoms with Crippen LogP contribution in [-0.4, -0.2) is 16.9 Å². The summed E-state index contributed by atoms with van der Waals surface area (Å²) in [5.41, 5.74) is -1.25. The number of carboxylic acid groups (broad SMARTS) is 1. The van der Waals surface area contributed by atoms with Gasteiger partial charge in [-0.25, -0.2) is 0 Å². The van der Waals surface area contributed by atoms with Crippen molar-refractivity contribution in [2.24, 2.45) is 10.8 Å². The highest BCUT2D eigenvalue weighted by atomic mass is 16.4. The van der Waals surface area contributed by atoms with Crippen LogP contribution in [0.4, 0.5) is 0 Å². The van der Waals surface area contributed by atoms with Crippen molar-refractivity contribution in [3.8, 4) is 0 Å². The molecule has 2 rings (SSSR count). The Labute approximate surface area is 70.8 Å². The van der Waals surface area contributed by atoms with Crippen molar-refractivity contribution in [3.05, 3.63) is 0 Å². The molecule has 0 unspecified atom stereocenters. The Morgan fingerprint density at radius 3 is 1.92 bits per heavy atom. The lowest BCUT2D eigenvalue weighted by Gasteiger charge is -2.12. The zero-order chi connectivity index (χ0) is 8.98. The number of ketones is 1. The standard InChI is InChI=1S/C9H12O3/c1-8(2-3-8)6(10)9(4-5-9)7(11)12/h2-5H2,1H3,(H,11,12). The molecule has 1 N–H and O–H groups in total. The molecule has 0 atom stereocenters. The Morgan fingerprint density at radius 1 is 1.17 bits per heavy atom. The molecule has 3 nitrogen and oxygen atoms in total. The van der Waals surface area contributed by atoms with Crippen molar-refractivity contribution in [1.82, 2.24) is 0 Å². The van der Waals surface area contributed by atoms with Crippen molar-refractivity contribution in [1.29, 1.82) is 0 Å². The number of carbonyl (C=O) groups is 2. The molecule has 2 aliphatic carbocycles. The summed E-state index contributed by atoms with van der Waals surface area (Å²) in [6, 6.07) is 0. The van der Waals surface area contributed by atoms with Crippen LogP contribution in [0.2, 0.25) is 0 Å². The highest BCUT2D eigenvalue weighted by Crippen LogP contribution is 2.58. The fourth-order valence-corrected chi connectivity index (χ4v) is 1.66. The van der Waals surface area contributed by atoms with Gasteiger partial charge in [-0.1, -0.05) is 6.92 Å². The second-order valence-electron chi connectivity index (χ2n) is 4.28. The zero-order valence-corrected chi connectivity index (χ0v) is 7.09. The molecule has 0 bridgehead atoms. The molecule has 0 saturated heterocycles. The van der Waals surface area contributed by atoms with Gasteiger partial charge in [-0.3, -0.25) is 9.59 Å². The van der Waals surface area contributed by atoms with E-state index in [1.165, 1.54) is 0 Å². The Balaban J connectivity index is 2.19. The lowest BCUT2D eigenvalue weighted by molar-refractivity contribution is -0.150. The van der Waals surface area contributed by atoms with Crippen molar-refractivity contribution in [2.75, 3.05) is 0 Å². The van der Waals surface area contributed by atoms with Crippen LogP contribution in [0.1, 0.15) is 32.6 Å². The zero-order valence-electron chi connectivity index (χ0n) is 7.09. The summed E-state index contributed by atoms with van der Waals surface area (Å²) in [5.74, 6) is -0.942. The first-order chi connectivity index (χ1) is 5.51. The Kier molecular flexibility index (Phi) is 1.23. The van der Waals surface area contributed by atoms with E-state index >= 15 is 0 Å². The fourth-order valence-electron chi connectivity index (χ4n) is 1.66. The van der Waals surface area contributed by atoms with Gasteiger partial charge in [0.2, 0.25) is 0 Å². The Morgan fingerprint density at radius 2 is 1.67 bits per heavy atom. The average Bonchev–Trinajstić information content (AvgIpc) is 2.80. The topological polar surface area (TPSA) is 54.4 Å². The van der Waals surface area contributed by atoms with Crippen molar-refractivity contribution in [3.63, 3.8) is 0 Å². The molecular weight excluding hydrogens is 156 g/mol. The summed E-state index contributed by atoms with van der Waals surface area (Å²) < 4.78 is 0. The maximum Gasteiger partial charge on any atom is 0.317 e. The molecule has 0 aromatic rings. The van der Waals surface area contributed by atoms with E-state index in [1.807, 2.05) is 6.92 Å². The quantitative estimate of drug-likeness (QED) is 0.644. The third kappa shape index (κ3) is 0.822. The van der Waals surface area contributed by atoms with E-state index in [4.69, 9.17) is 5.11 Å². The highest BCUT2D eigenvalue weighted by Gasteiger charge is 2.64. The van der Waals surface area contributed by atoms with Gasteiger partial charge in [0.15, 0.2) is 5.78 Å².